The van der Waals surface area contributed by atoms with E-state index in [-0.39, 0.29) is 0 Å². The molecule has 0 saturated carbocycles. The molecule has 4 heteroatoms. The highest BCUT2D eigenvalue weighted by Crippen LogP contribution is 2.26. The van der Waals surface area contributed by atoms with Gasteiger partial charge >= 0.3 is 5.97 Å². The zero-order valence-corrected chi connectivity index (χ0v) is 10.6. The molecule has 1 fully saturated rings. The minimum atomic E-state index is -0.883. The van der Waals surface area contributed by atoms with Crippen molar-refractivity contribution >= 4 is 11.7 Å². The highest BCUT2D eigenvalue weighted by molar-refractivity contribution is 5.83. The van der Waals surface area contributed by atoms with Gasteiger partial charge in [-0.3, -0.25) is 0 Å². The monoisotopic (exact) mass is 249 g/mol. The largest absolute Gasteiger partial charge is 0.480 e. The van der Waals surface area contributed by atoms with Crippen molar-refractivity contribution in [3.63, 3.8) is 0 Å². The van der Waals surface area contributed by atoms with Crippen LogP contribution >= 0.6 is 0 Å². The number of carboxylic acid groups (broad SMARTS) is 1. The predicted octanol–water partition coefficient (Wildman–Crippen LogP) is 2.29. The van der Waals surface area contributed by atoms with Gasteiger partial charge in [0.2, 0.25) is 0 Å². The molecule has 0 spiro atoms. The molecule has 0 atom stereocenters. The first-order valence-corrected chi connectivity index (χ1v) is 6.34. The van der Waals surface area contributed by atoms with Crippen molar-refractivity contribution < 1.29 is 14.6 Å². The molecular weight excluding hydrogens is 230 g/mol. The fraction of sp³-hybridized carbons (Fsp3) is 0.500. The Hall–Kier alpha value is -1.55. The molecule has 0 unspecified atom stereocenters. The first-order valence-electron chi connectivity index (χ1n) is 6.34. The predicted molar refractivity (Wildman–Crippen MR) is 69.9 cm³/mol. The standard InChI is InChI=1S/C14H19NO3/c1-2-11-3-5-12(6-4-11)15-14(13(16)17)7-9-18-10-8-14/h3-6,15H,2,7-10H2,1H3,(H,16,17). The minimum absolute atomic E-state index is 0.492. The van der Waals surface area contributed by atoms with Crippen molar-refractivity contribution in [2.75, 3.05) is 18.5 Å². The van der Waals surface area contributed by atoms with Gasteiger partial charge in [-0.1, -0.05) is 19.1 Å². The summed E-state index contributed by atoms with van der Waals surface area (Å²) in [6, 6.07) is 7.94. The normalized spacial score (nSPS) is 18.3. The first kappa shape index (κ1) is 12.9. The maximum Gasteiger partial charge on any atom is 0.329 e. The van der Waals surface area contributed by atoms with E-state index in [4.69, 9.17) is 4.74 Å². The lowest BCUT2D eigenvalue weighted by Gasteiger charge is -2.34. The van der Waals surface area contributed by atoms with E-state index in [1.807, 2.05) is 24.3 Å². The van der Waals surface area contributed by atoms with Crippen LogP contribution in [-0.4, -0.2) is 29.8 Å². The highest BCUT2D eigenvalue weighted by atomic mass is 16.5. The third-order valence-corrected chi connectivity index (χ3v) is 3.50. The van der Waals surface area contributed by atoms with Crippen molar-refractivity contribution in [2.45, 2.75) is 31.7 Å². The van der Waals surface area contributed by atoms with Gasteiger partial charge in [-0.15, -0.1) is 0 Å². The summed E-state index contributed by atoms with van der Waals surface area (Å²) in [5.41, 5.74) is 1.22. The van der Waals surface area contributed by atoms with E-state index in [1.165, 1.54) is 5.56 Å². The highest BCUT2D eigenvalue weighted by Gasteiger charge is 2.40. The number of benzene rings is 1. The zero-order chi connectivity index (χ0) is 13.0. The lowest BCUT2D eigenvalue weighted by molar-refractivity contribution is -0.145. The summed E-state index contributed by atoms with van der Waals surface area (Å²) >= 11 is 0. The van der Waals surface area contributed by atoms with Crippen molar-refractivity contribution in [1.82, 2.24) is 0 Å². The number of carboxylic acids is 1. The van der Waals surface area contributed by atoms with Gasteiger partial charge in [-0.05, 0) is 24.1 Å². The van der Waals surface area contributed by atoms with Gasteiger partial charge in [0.05, 0.1) is 0 Å². The fourth-order valence-electron chi connectivity index (χ4n) is 2.21. The van der Waals surface area contributed by atoms with Crippen LogP contribution in [0.2, 0.25) is 0 Å². The lowest BCUT2D eigenvalue weighted by atomic mass is 9.89. The molecule has 0 radical (unpaired) electrons. The molecule has 98 valence electrons. The maximum atomic E-state index is 11.5. The van der Waals surface area contributed by atoms with Crippen LogP contribution in [0.4, 0.5) is 5.69 Å². The Balaban J connectivity index is 2.15. The average Bonchev–Trinajstić information content (AvgIpc) is 2.40. The molecule has 0 aromatic heterocycles. The molecule has 0 bridgehead atoms. The summed E-state index contributed by atoms with van der Waals surface area (Å²) in [6.07, 6.45) is 1.98. The molecule has 1 aliphatic rings. The van der Waals surface area contributed by atoms with Gasteiger partial charge in [0, 0.05) is 31.7 Å². The van der Waals surface area contributed by atoms with Crippen LogP contribution in [0.3, 0.4) is 0 Å². The molecule has 0 amide bonds. The molecule has 1 saturated heterocycles. The molecular formula is C14H19NO3. The average molecular weight is 249 g/mol. The van der Waals surface area contributed by atoms with E-state index in [2.05, 4.69) is 12.2 Å². The SMILES string of the molecule is CCc1ccc(NC2(C(=O)O)CCOCC2)cc1. The van der Waals surface area contributed by atoms with Gasteiger partial charge in [-0.25, -0.2) is 4.79 Å². The van der Waals surface area contributed by atoms with Gasteiger partial charge in [-0.2, -0.15) is 0 Å². The molecule has 2 N–H and O–H groups in total. The fourth-order valence-corrected chi connectivity index (χ4v) is 2.21. The zero-order valence-electron chi connectivity index (χ0n) is 10.6. The Bertz CT molecular complexity index is 408. The molecule has 4 nitrogen and oxygen atoms in total. The molecule has 18 heavy (non-hydrogen) atoms. The number of hydrogen-bond donors (Lipinski definition) is 2. The second-order valence-electron chi connectivity index (χ2n) is 4.68. The Labute approximate surface area is 107 Å². The van der Waals surface area contributed by atoms with Crippen LogP contribution in [0, 0.1) is 0 Å². The summed E-state index contributed by atoms with van der Waals surface area (Å²) in [4.78, 5) is 11.5. The van der Waals surface area contributed by atoms with Gasteiger partial charge in [0.1, 0.15) is 5.54 Å². The lowest BCUT2D eigenvalue weighted by Crippen LogP contribution is -2.50. The Morgan fingerprint density at radius 2 is 1.94 bits per heavy atom. The number of aliphatic carboxylic acids is 1. The van der Waals surface area contributed by atoms with Crippen LogP contribution in [-0.2, 0) is 16.0 Å². The van der Waals surface area contributed by atoms with Crippen LogP contribution in [0.15, 0.2) is 24.3 Å². The molecule has 0 aliphatic carbocycles. The van der Waals surface area contributed by atoms with E-state index >= 15 is 0 Å². The third kappa shape index (κ3) is 2.64. The number of rotatable bonds is 4. The first-order chi connectivity index (χ1) is 8.66. The minimum Gasteiger partial charge on any atom is -0.480 e. The van der Waals surface area contributed by atoms with E-state index in [9.17, 15) is 9.90 Å². The molecule has 2 rings (SSSR count). The van der Waals surface area contributed by atoms with E-state index < -0.39 is 11.5 Å². The van der Waals surface area contributed by atoms with E-state index in [0.29, 0.717) is 26.1 Å². The number of anilines is 1. The van der Waals surface area contributed by atoms with Crippen LogP contribution in [0.25, 0.3) is 0 Å². The summed E-state index contributed by atoms with van der Waals surface area (Å²) < 4.78 is 5.25. The molecule has 1 heterocycles. The van der Waals surface area contributed by atoms with Gasteiger partial charge in [0.15, 0.2) is 0 Å². The second-order valence-corrected chi connectivity index (χ2v) is 4.68. The Kier molecular flexibility index (Phi) is 3.87. The summed E-state index contributed by atoms with van der Waals surface area (Å²) in [7, 11) is 0. The summed E-state index contributed by atoms with van der Waals surface area (Å²) in [5.74, 6) is -0.801. The number of ether oxygens (including phenoxy) is 1. The Morgan fingerprint density at radius 1 is 1.33 bits per heavy atom. The maximum absolute atomic E-state index is 11.5. The quantitative estimate of drug-likeness (QED) is 0.859. The second kappa shape index (κ2) is 5.40. The van der Waals surface area contributed by atoms with Crippen molar-refractivity contribution in [2.24, 2.45) is 0 Å². The number of nitrogens with one attached hydrogen (secondary N) is 1. The smallest absolute Gasteiger partial charge is 0.329 e. The number of hydrogen-bond acceptors (Lipinski definition) is 3. The topological polar surface area (TPSA) is 58.6 Å². The number of aryl methyl sites for hydroxylation is 1. The number of carbonyl (C=O) groups is 1. The van der Waals surface area contributed by atoms with Gasteiger partial charge < -0.3 is 15.2 Å². The molecule has 1 aromatic carbocycles. The van der Waals surface area contributed by atoms with Crippen molar-refractivity contribution in [1.29, 1.82) is 0 Å². The molecule has 1 aliphatic heterocycles. The van der Waals surface area contributed by atoms with Crippen LogP contribution in [0.1, 0.15) is 25.3 Å². The van der Waals surface area contributed by atoms with Crippen molar-refractivity contribution in [3.8, 4) is 0 Å². The van der Waals surface area contributed by atoms with Crippen LogP contribution < -0.4 is 5.32 Å². The Morgan fingerprint density at radius 3 is 2.44 bits per heavy atom. The summed E-state index contributed by atoms with van der Waals surface area (Å²) in [5, 5.41) is 12.6. The summed E-state index contributed by atoms with van der Waals surface area (Å²) in [6.45, 7) is 3.08. The van der Waals surface area contributed by atoms with E-state index in [1.54, 1.807) is 0 Å². The van der Waals surface area contributed by atoms with E-state index in [0.717, 1.165) is 12.1 Å². The third-order valence-electron chi connectivity index (χ3n) is 3.50. The molecule has 1 aromatic rings. The van der Waals surface area contributed by atoms with Crippen molar-refractivity contribution in [3.05, 3.63) is 29.8 Å². The van der Waals surface area contributed by atoms with Gasteiger partial charge in [0.25, 0.3) is 0 Å². The van der Waals surface area contributed by atoms with Crippen LogP contribution in [0.5, 0.6) is 0 Å².